The van der Waals surface area contributed by atoms with Crippen LogP contribution in [-0.4, -0.2) is 12.5 Å². The van der Waals surface area contributed by atoms with Crippen molar-refractivity contribution in [1.29, 1.82) is 0 Å². The van der Waals surface area contributed by atoms with E-state index in [1.807, 2.05) is 37.3 Å². The van der Waals surface area contributed by atoms with Gasteiger partial charge < -0.3 is 15.8 Å². The average Bonchev–Trinajstić information content (AvgIpc) is 2.42. The van der Waals surface area contributed by atoms with Gasteiger partial charge in [-0.05, 0) is 42.8 Å². The zero-order chi connectivity index (χ0) is 14.5. The van der Waals surface area contributed by atoms with E-state index >= 15 is 0 Å². The van der Waals surface area contributed by atoms with Gasteiger partial charge in [0.1, 0.15) is 5.75 Å². The molecule has 0 spiro atoms. The molecule has 0 aliphatic carbocycles. The number of rotatable bonds is 4. The Hall–Kier alpha value is -2.01. The first-order valence-electron chi connectivity index (χ1n) is 6.09. The molecule has 5 heteroatoms. The van der Waals surface area contributed by atoms with E-state index in [9.17, 15) is 4.79 Å². The second-order valence-corrected chi connectivity index (χ2v) is 5.28. The van der Waals surface area contributed by atoms with Crippen molar-refractivity contribution < 1.29 is 9.53 Å². The van der Waals surface area contributed by atoms with Gasteiger partial charge in [-0.15, -0.1) is 0 Å². The van der Waals surface area contributed by atoms with Crippen LogP contribution in [0.2, 0.25) is 0 Å². The highest BCUT2D eigenvalue weighted by Crippen LogP contribution is 2.20. The van der Waals surface area contributed by atoms with Crippen molar-refractivity contribution >= 4 is 33.2 Å². The van der Waals surface area contributed by atoms with Crippen LogP contribution in [0.3, 0.4) is 0 Å². The molecule has 0 radical (unpaired) electrons. The van der Waals surface area contributed by atoms with Crippen LogP contribution >= 0.6 is 15.9 Å². The number of anilines is 2. The van der Waals surface area contributed by atoms with Crippen LogP contribution in [0, 0.1) is 6.92 Å². The maximum Gasteiger partial charge on any atom is 0.262 e. The number of hydrogen-bond donors (Lipinski definition) is 2. The number of hydrogen-bond acceptors (Lipinski definition) is 3. The van der Waals surface area contributed by atoms with E-state index < -0.39 is 0 Å². The van der Waals surface area contributed by atoms with Crippen molar-refractivity contribution in [3.8, 4) is 5.75 Å². The van der Waals surface area contributed by atoms with E-state index in [1.54, 1.807) is 12.1 Å². The summed E-state index contributed by atoms with van der Waals surface area (Å²) in [5, 5.41) is 2.76. The van der Waals surface area contributed by atoms with Gasteiger partial charge in [0.15, 0.2) is 6.61 Å². The second kappa shape index (κ2) is 6.43. The Bertz CT molecular complexity index is 612. The molecule has 20 heavy (non-hydrogen) atoms. The third kappa shape index (κ3) is 3.99. The van der Waals surface area contributed by atoms with Gasteiger partial charge in [0.2, 0.25) is 0 Å². The summed E-state index contributed by atoms with van der Waals surface area (Å²) in [5.41, 5.74) is 7.96. The van der Waals surface area contributed by atoms with E-state index in [2.05, 4.69) is 21.2 Å². The molecule has 0 bridgehead atoms. The Kier molecular flexibility index (Phi) is 4.63. The van der Waals surface area contributed by atoms with Crippen LogP contribution in [0.25, 0.3) is 0 Å². The Morgan fingerprint density at radius 3 is 2.65 bits per heavy atom. The minimum atomic E-state index is -0.214. The topological polar surface area (TPSA) is 64.3 Å². The van der Waals surface area contributed by atoms with Gasteiger partial charge in [0.25, 0.3) is 5.91 Å². The standard InChI is InChI=1S/C15H15BrN2O2/c1-10-2-5-12(17)8-14(10)20-9-15(19)18-13-6-3-11(16)4-7-13/h2-8H,9,17H2,1H3,(H,18,19). The van der Waals surface area contributed by atoms with E-state index in [1.165, 1.54) is 0 Å². The van der Waals surface area contributed by atoms with Crippen LogP contribution in [0.5, 0.6) is 5.75 Å². The molecule has 0 saturated carbocycles. The van der Waals surface area contributed by atoms with Gasteiger partial charge in [-0.2, -0.15) is 0 Å². The minimum absolute atomic E-state index is 0.0552. The molecular formula is C15H15BrN2O2. The molecule has 2 aromatic carbocycles. The molecule has 3 N–H and O–H groups in total. The number of carbonyl (C=O) groups excluding carboxylic acids is 1. The first-order chi connectivity index (χ1) is 9.54. The predicted molar refractivity (Wildman–Crippen MR) is 83.9 cm³/mol. The zero-order valence-electron chi connectivity index (χ0n) is 11.0. The molecular weight excluding hydrogens is 320 g/mol. The molecule has 0 saturated heterocycles. The first kappa shape index (κ1) is 14.4. The monoisotopic (exact) mass is 334 g/mol. The lowest BCUT2D eigenvalue weighted by Crippen LogP contribution is -2.20. The highest BCUT2D eigenvalue weighted by atomic mass is 79.9. The van der Waals surface area contributed by atoms with Gasteiger partial charge in [0.05, 0.1) is 0 Å². The average molecular weight is 335 g/mol. The molecule has 0 heterocycles. The second-order valence-electron chi connectivity index (χ2n) is 4.37. The van der Waals surface area contributed by atoms with E-state index in [-0.39, 0.29) is 12.5 Å². The molecule has 4 nitrogen and oxygen atoms in total. The van der Waals surface area contributed by atoms with Crippen LogP contribution < -0.4 is 15.8 Å². The van der Waals surface area contributed by atoms with Gasteiger partial charge in [-0.25, -0.2) is 0 Å². The number of nitrogens with two attached hydrogens (primary N) is 1. The van der Waals surface area contributed by atoms with Gasteiger partial charge in [0, 0.05) is 21.9 Å². The fourth-order valence-electron chi connectivity index (χ4n) is 1.65. The highest BCUT2D eigenvalue weighted by molar-refractivity contribution is 9.10. The number of amides is 1. The van der Waals surface area contributed by atoms with E-state index in [4.69, 9.17) is 10.5 Å². The number of aryl methyl sites for hydroxylation is 1. The quantitative estimate of drug-likeness (QED) is 0.842. The number of benzene rings is 2. The molecule has 2 rings (SSSR count). The van der Waals surface area contributed by atoms with Gasteiger partial charge >= 0.3 is 0 Å². The summed E-state index contributed by atoms with van der Waals surface area (Å²) in [6.07, 6.45) is 0. The molecule has 0 atom stereocenters. The molecule has 0 aliphatic heterocycles. The number of nitrogens with one attached hydrogen (secondary N) is 1. The van der Waals surface area contributed by atoms with Crippen molar-refractivity contribution in [3.63, 3.8) is 0 Å². The molecule has 104 valence electrons. The lowest BCUT2D eigenvalue weighted by Gasteiger charge is -2.10. The van der Waals surface area contributed by atoms with Gasteiger partial charge in [-0.3, -0.25) is 4.79 Å². The summed E-state index contributed by atoms with van der Waals surface area (Å²) in [4.78, 5) is 11.8. The third-order valence-electron chi connectivity index (χ3n) is 2.70. The first-order valence-corrected chi connectivity index (χ1v) is 6.88. The fourth-order valence-corrected chi connectivity index (χ4v) is 1.91. The number of halogens is 1. The fraction of sp³-hybridized carbons (Fsp3) is 0.133. The Balaban J connectivity index is 1.92. The van der Waals surface area contributed by atoms with Crippen molar-refractivity contribution in [2.75, 3.05) is 17.7 Å². The van der Waals surface area contributed by atoms with Crippen molar-refractivity contribution in [3.05, 3.63) is 52.5 Å². The summed E-state index contributed by atoms with van der Waals surface area (Å²) < 4.78 is 6.43. The predicted octanol–water partition coefficient (Wildman–Crippen LogP) is 3.36. The lowest BCUT2D eigenvalue weighted by molar-refractivity contribution is -0.118. The SMILES string of the molecule is Cc1ccc(N)cc1OCC(=O)Nc1ccc(Br)cc1. The molecule has 0 fully saturated rings. The zero-order valence-corrected chi connectivity index (χ0v) is 12.6. The maximum absolute atomic E-state index is 11.8. The summed E-state index contributed by atoms with van der Waals surface area (Å²) in [5.74, 6) is 0.408. The number of nitrogen functional groups attached to an aromatic ring is 1. The van der Waals surface area contributed by atoms with E-state index in [0.717, 1.165) is 15.7 Å². The Morgan fingerprint density at radius 1 is 1.25 bits per heavy atom. The van der Waals surface area contributed by atoms with Crippen molar-refractivity contribution in [2.24, 2.45) is 0 Å². The largest absolute Gasteiger partial charge is 0.483 e. The Labute approximate surface area is 126 Å². The smallest absolute Gasteiger partial charge is 0.262 e. The third-order valence-corrected chi connectivity index (χ3v) is 3.23. The summed E-state index contributed by atoms with van der Waals surface area (Å²) in [7, 11) is 0. The highest BCUT2D eigenvalue weighted by Gasteiger charge is 2.06. The lowest BCUT2D eigenvalue weighted by atomic mass is 10.2. The summed E-state index contributed by atoms with van der Waals surface area (Å²) in [6, 6.07) is 12.7. The number of carbonyl (C=O) groups is 1. The molecule has 0 unspecified atom stereocenters. The summed E-state index contributed by atoms with van der Waals surface area (Å²) >= 11 is 3.34. The minimum Gasteiger partial charge on any atom is -0.483 e. The van der Waals surface area contributed by atoms with Crippen molar-refractivity contribution in [1.82, 2.24) is 0 Å². The normalized spacial score (nSPS) is 10.1. The Morgan fingerprint density at radius 2 is 1.95 bits per heavy atom. The van der Waals surface area contributed by atoms with Crippen LogP contribution in [0.4, 0.5) is 11.4 Å². The molecule has 2 aromatic rings. The van der Waals surface area contributed by atoms with Crippen molar-refractivity contribution in [2.45, 2.75) is 6.92 Å². The molecule has 0 aliphatic rings. The maximum atomic E-state index is 11.8. The van der Waals surface area contributed by atoms with Crippen LogP contribution in [0.15, 0.2) is 46.9 Å². The molecule has 0 aromatic heterocycles. The van der Waals surface area contributed by atoms with Gasteiger partial charge in [-0.1, -0.05) is 22.0 Å². The van der Waals surface area contributed by atoms with Crippen LogP contribution in [-0.2, 0) is 4.79 Å². The molecule has 1 amide bonds. The van der Waals surface area contributed by atoms with E-state index in [0.29, 0.717) is 11.4 Å². The summed E-state index contributed by atoms with van der Waals surface area (Å²) in [6.45, 7) is 1.85. The number of ether oxygens (including phenoxy) is 1. The van der Waals surface area contributed by atoms with Crippen LogP contribution in [0.1, 0.15) is 5.56 Å².